The highest BCUT2D eigenvalue weighted by atomic mass is 19.4. The van der Waals surface area contributed by atoms with Gasteiger partial charge in [0.05, 0.1) is 18.6 Å². The third kappa shape index (κ3) is 3.79. The van der Waals surface area contributed by atoms with Crippen molar-refractivity contribution in [1.82, 2.24) is 5.32 Å². The highest BCUT2D eigenvalue weighted by Gasteiger charge is 2.64. The number of amides is 1. The van der Waals surface area contributed by atoms with Gasteiger partial charge < -0.3 is 19.8 Å². The van der Waals surface area contributed by atoms with Gasteiger partial charge in [-0.1, -0.05) is 12.1 Å². The number of para-hydroxylation sites is 1. The molecule has 0 fully saturated rings. The summed E-state index contributed by atoms with van der Waals surface area (Å²) in [7, 11) is 0. The van der Waals surface area contributed by atoms with Crippen LogP contribution in [-0.2, 0) is 9.53 Å². The zero-order chi connectivity index (χ0) is 19.4. The van der Waals surface area contributed by atoms with Crippen LogP contribution in [0, 0.1) is 5.82 Å². The van der Waals surface area contributed by atoms with Gasteiger partial charge >= 0.3 is 17.8 Å². The molecule has 0 aliphatic carbocycles. The number of furan rings is 1. The molecule has 0 saturated heterocycles. The van der Waals surface area contributed by atoms with E-state index in [-0.39, 0.29) is 0 Å². The molecule has 6 nitrogen and oxygen atoms in total. The lowest BCUT2D eigenvalue weighted by Gasteiger charge is -2.35. The van der Waals surface area contributed by atoms with E-state index in [9.17, 15) is 27.2 Å². The zero-order valence-electron chi connectivity index (χ0n) is 13.4. The third-order valence-electron chi connectivity index (χ3n) is 3.25. The van der Waals surface area contributed by atoms with E-state index in [1.165, 1.54) is 30.4 Å². The number of alkyl halides is 3. The van der Waals surface area contributed by atoms with Gasteiger partial charge in [0.2, 0.25) is 0 Å². The molecule has 1 atom stereocenters. The van der Waals surface area contributed by atoms with Gasteiger partial charge in [0.15, 0.2) is 5.76 Å². The van der Waals surface area contributed by atoms with Crippen LogP contribution >= 0.6 is 0 Å². The molecule has 0 unspecified atom stereocenters. The van der Waals surface area contributed by atoms with Crippen LogP contribution in [0.25, 0.3) is 0 Å². The van der Waals surface area contributed by atoms with Crippen molar-refractivity contribution in [3.63, 3.8) is 0 Å². The number of esters is 1. The van der Waals surface area contributed by atoms with E-state index in [0.717, 1.165) is 24.5 Å². The summed E-state index contributed by atoms with van der Waals surface area (Å²) >= 11 is 0. The highest BCUT2D eigenvalue weighted by molar-refractivity contribution is 5.97. The van der Waals surface area contributed by atoms with Gasteiger partial charge in [-0.05, 0) is 31.2 Å². The average molecular weight is 374 g/mol. The smallest absolute Gasteiger partial charge is 0.441 e. The summed E-state index contributed by atoms with van der Waals surface area (Å²) in [5.41, 5.74) is -4.38. The molecular weight excluding hydrogens is 360 g/mol. The predicted molar refractivity (Wildman–Crippen MR) is 81.6 cm³/mol. The number of ether oxygens (including phenoxy) is 1. The van der Waals surface area contributed by atoms with Gasteiger partial charge in [0.25, 0.3) is 5.91 Å². The topological polar surface area (TPSA) is 80.6 Å². The Morgan fingerprint density at radius 1 is 1.15 bits per heavy atom. The van der Waals surface area contributed by atoms with Gasteiger partial charge in [0.1, 0.15) is 5.82 Å². The summed E-state index contributed by atoms with van der Waals surface area (Å²) in [5, 5.41) is 3.25. The molecule has 0 saturated carbocycles. The maximum Gasteiger partial charge on any atom is 0.441 e. The summed E-state index contributed by atoms with van der Waals surface area (Å²) in [6.45, 7) is 0.892. The van der Waals surface area contributed by atoms with Gasteiger partial charge in [-0.3, -0.25) is 4.79 Å². The number of carbonyl (C=O) groups is 2. The number of hydrogen-bond acceptors (Lipinski definition) is 5. The molecular formula is C16H14F4N2O4. The Morgan fingerprint density at radius 3 is 2.38 bits per heavy atom. The van der Waals surface area contributed by atoms with Crippen molar-refractivity contribution in [1.29, 1.82) is 0 Å². The van der Waals surface area contributed by atoms with Crippen molar-refractivity contribution in [2.24, 2.45) is 0 Å². The van der Waals surface area contributed by atoms with Crippen molar-refractivity contribution >= 4 is 17.6 Å². The molecule has 0 aliphatic rings. The SMILES string of the molecule is CCOC(=O)[C@@](NC(=O)c1ccco1)(Nc1ccccc1F)C(F)(F)F. The lowest BCUT2D eigenvalue weighted by atomic mass is 10.1. The number of anilines is 1. The molecule has 0 aliphatic heterocycles. The fourth-order valence-electron chi connectivity index (χ4n) is 2.03. The van der Waals surface area contributed by atoms with Crippen molar-refractivity contribution in [2.45, 2.75) is 18.8 Å². The first kappa shape index (κ1) is 19.3. The lowest BCUT2D eigenvalue weighted by Crippen LogP contribution is -2.69. The molecule has 1 heterocycles. The maximum absolute atomic E-state index is 13.9. The number of carbonyl (C=O) groups excluding carboxylic acids is 2. The lowest BCUT2D eigenvalue weighted by molar-refractivity contribution is -0.204. The number of benzene rings is 1. The normalized spacial score (nSPS) is 13.6. The van der Waals surface area contributed by atoms with Crippen LogP contribution in [0.3, 0.4) is 0 Å². The second-order valence-electron chi connectivity index (χ2n) is 5.00. The van der Waals surface area contributed by atoms with Crippen LogP contribution in [0.4, 0.5) is 23.2 Å². The van der Waals surface area contributed by atoms with E-state index in [0.29, 0.717) is 0 Å². The fraction of sp³-hybridized carbons (Fsp3) is 0.250. The van der Waals surface area contributed by atoms with Crippen molar-refractivity contribution in [2.75, 3.05) is 11.9 Å². The first-order valence-corrected chi connectivity index (χ1v) is 7.34. The molecule has 1 aromatic carbocycles. The third-order valence-corrected chi connectivity index (χ3v) is 3.25. The first-order valence-electron chi connectivity index (χ1n) is 7.34. The molecule has 2 rings (SSSR count). The Kier molecular flexibility index (Phi) is 5.53. The van der Waals surface area contributed by atoms with Crippen LogP contribution in [0.5, 0.6) is 0 Å². The summed E-state index contributed by atoms with van der Waals surface area (Å²) in [6, 6.07) is 6.76. The van der Waals surface area contributed by atoms with Crippen LogP contribution in [0.2, 0.25) is 0 Å². The Balaban J connectivity index is 2.51. The molecule has 2 aromatic rings. The molecule has 26 heavy (non-hydrogen) atoms. The second-order valence-corrected chi connectivity index (χ2v) is 5.00. The van der Waals surface area contributed by atoms with Crippen molar-refractivity contribution < 1.29 is 36.3 Å². The molecule has 140 valence electrons. The monoisotopic (exact) mass is 374 g/mol. The fourth-order valence-corrected chi connectivity index (χ4v) is 2.03. The Bertz CT molecular complexity index is 777. The van der Waals surface area contributed by atoms with Crippen LogP contribution in [0.1, 0.15) is 17.5 Å². The molecule has 0 spiro atoms. The molecule has 10 heteroatoms. The van der Waals surface area contributed by atoms with Crippen LogP contribution < -0.4 is 10.6 Å². The van der Waals surface area contributed by atoms with E-state index in [1.807, 2.05) is 0 Å². The number of nitrogens with one attached hydrogen (secondary N) is 2. The number of rotatable bonds is 6. The molecule has 0 radical (unpaired) electrons. The Morgan fingerprint density at radius 2 is 1.85 bits per heavy atom. The Hall–Kier alpha value is -3.04. The Labute approximate surface area is 145 Å². The van der Waals surface area contributed by atoms with E-state index in [2.05, 4.69) is 4.74 Å². The van der Waals surface area contributed by atoms with E-state index in [1.54, 1.807) is 5.32 Å². The second kappa shape index (κ2) is 7.46. The van der Waals surface area contributed by atoms with E-state index < -0.39 is 47.6 Å². The average Bonchev–Trinajstić information content (AvgIpc) is 3.09. The molecule has 2 N–H and O–H groups in total. The highest BCUT2D eigenvalue weighted by Crippen LogP contribution is 2.34. The summed E-state index contributed by atoms with van der Waals surface area (Å²) in [6.07, 6.45) is -4.30. The molecule has 1 aromatic heterocycles. The van der Waals surface area contributed by atoms with Crippen LogP contribution in [0.15, 0.2) is 47.1 Å². The van der Waals surface area contributed by atoms with Crippen molar-refractivity contribution in [3.8, 4) is 0 Å². The summed E-state index contributed by atoms with van der Waals surface area (Å²) in [5.74, 6) is -4.73. The van der Waals surface area contributed by atoms with Gasteiger partial charge in [-0.15, -0.1) is 0 Å². The minimum absolute atomic E-state index is 0.397. The summed E-state index contributed by atoms with van der Waals surface area (Å²) < 4.78 is 64.6. The minimum Gasteiger partial charge on any atom is -0.463 e. The minimum atomic E-state index is -5.37. The van der Waals surface area contributed by atoms with Crippen molar-refractivity contribution in [3.05, 3.63) is 54.2 Å². The van der Waals surface area contributed by atoms with E-state index >= 15 is 0 Å². The number of halogens is 4. The van der Waals surface area contributed by atoms with Gasteiger partial charge in [-0.25, -0.2) is 9.18 Å². The quantitative estimate of drug-likeness (QED) is 0.461. The van der Waals surface area contributed by atoms with Gasteiger partial charge in [-0.2, -0.15) is 13.2 Å². The van der Waals surface area contributed by atoms with Gasteiger partial charge in [0, 0.05) is 0 Å². The van der Waals surface area contributed by atoms with Crippen LogP contribution in [-0.4, -0.2) is 30.3 Å². The first-order chi connectivity index (χ1) is 12.2. The maximum atomic E-state index is 13.9. The largest absolute Gasteiger partial charge is 0.463 e. The predicted octanol–water partition coefficient (Wildman–Crippen LogP) is 3.08. The molecule has 1 amide bonds. The zero-order valence-corrected chi connectivity index (χ0v) is 13.4. The molecule has 0 bridgehead atoms. The number of hydrogen-bond donors (Lipinski definition) is 2. The standard InChI is InChI=1S/C16H14F4N2O4/c1-2-25-14(24)15(16(18,19)20,21-11-7-4-3-6-10(11)17)22-13(23)12-8-5-9-26-12/h3-9,21H,2H2,1H3,(H,22,23)/t15-/m0/s1. The summed E-state index contributed by atoms with van der Waals surface area (Å²) in [4.78, 5) is 24.3. The van der Waals surface area contributed by atoms with E-state index in [4.69, 9.17) is 4.42 Å².